The number of hydrogen-bond acceptors (Lipinski definition) is 4. The standard InChI is InChI=1S/C27H23N3O2/c1-18-6-4-9-24(31)25(18)27(32)29-20-11-13-21(14-12-20)30-17-5-16-28-26-22-8-3-2-7-19(22)10-15-23(26)30/h2-15,17,28,31H,16H2,1H3,(H,29,32). The van der Waals surface area contributed by atoms with Crippen molar-refractivity contribution in [3.8, 4) is 5.75 Å². The summed E-state index contributed by atoms with van der Waals surface area (Å²) in [5.41, 5.74) is 4.83. The summed E-state index contributed by atoms with van der Waals surface area (Å²) in [7, 11) is 0. The SMILES string of the molecule is Cc1cccc(O)c1C(=O)Nc1ccc(N2C=CCNc3c2ccc2ccccc32)cc1. The number of nitrogens with one attached hydrogen (secondary N) is 2. The van der Waals surface area contributed by atoms with E-state index in [4.69, 9.17) is 0 Å². The molecule has 0 fully saturated rings. The predicted octanol–water partition coefficient (Wildman–Crippen LogP) is 6.18. The number of carbonyl (C=O) groups excluding carboxylic acids is 1. The molecule has 0 bridgehead atoms. The number of phenolic OH excluding ortho intramolecular Hbond substituents is 1. The molecule has 0 radical (unpaired) electrons. The fraction of sp³-hybridized carbons (Fsp3) is 0.0741. The van der Waals surface area contributed by atoms with Gasteiger partial charge in [-0.05, 0) is 60.3 Å². The molecule has 1 heterocycles. The molecular formula is C27H23N3O2. The molecular weight excluding hydrogens is 398 g/mol. The minimum atomic E-state index is -0.330. The summed E-state index contributed by atoms with van der Waals surface area (Å²) < 4.78 is 0. The monoisotopic (exact) mass is 421 g/mol. The molecule has 5 heteroatoms. The smallest absolute Gasteiger partial charge is 0.259 e. The molecule has 0 saturated heterocycles. The van der Waals surface area contributed by atoms with E-state index in [1.807, 2.05) is 30.3 Å². The van der Waals surface area contributed by atoms with Crippen LogP contribution in [-0.4, -0.2) is 17.6 Å². The van der Waals surface area contributed by atoms with E-state index in [9.17, 15) is 9.90 Å². The van der Waals surface area contributed by atoms with Crippen molar-refractivity contribution in [3.05, 3.63) is 102 Å². The van der Waals surface area contributed by atoms with E-state index in [0.717, 1.165) is 29.2 Å². The van der Waals surface area contributed by atoms with Crippen LogP contribution < -0.4 is 15.5 Å². The number of phenols is 1. The molecule has 32 heavy (non-hydrogen) atoms. The lowest BCUT2D eigenvalue weighted by atomic mass is 10.1. The molecule has 1 amide bonds. The van der Waals surface area contributed by atoms with Crippen LogP contribution in [0.2, 0.25) is 0 Å². The topological polar surface area (TPSA) is 64.6 Å². The first-order valence-electron chi connectivity index (χ1n) is 10.5. The lowest BCUT2D eigenvalue weighted by Crippen LogP contribution is -2.14. The van der Waals surface area contributed by atoms with Crippen LogP contribution in [0.25, 0.3) is 10.8 Å². The van der Waals surface area contributed by atoms with Gasteiger partial charge in [0.25, 0.3) is 5.91 Å². The molecule has 0 aliphatic carbocycles. The molecule has 0 unspecified atom stereocenters. The second-order valence-electron chi connectivity index (χ2n) is 7.79. The predicted molar refractivity (Wildman–Crippen MR) is 131 cm³/mol. The van der Waals surface area contributed by atoms with Crippen molar-refractivity contribution >= 4 is 39.4 Å². The second-order valence-corrected chi connectivity index (χ2v) is 7.79. The first-order valence-corrected chi connectivity index (χ1v) is 10.5. The van der Waals surface area contributed by atoms with Gasteiger partial charge >= 0.3 is 0 Å². The summed E-state index contributed by atoms with van der Waals surface area (Å²) in [6.45, 7) is 2.55. The number of hydrogen-bond donors (Lipinski definition) is 3. The number of fused-ring (bicyclic) bond motifs is 3. The molecule has 3 N–H and O–H groups in total. The molecule has 0 atom stereocenters. The van der Waals surface area contributed by atoms with Gasteiger partial charge in [-0.2, -0.15) is 0 Å². The van der Waals surface area contributed by atoms with Crippen molar-refractivity contribution in [1.29, 1.82) is 0 Å². The van der Waals surface area contributed by atoms with E-state index >= 15 is 0 Å². The fourth-order valence-corrected chi connectivity index (χ4v) is 4.12. The van der Waals surface area contributed by atoms with Crippen molar-refractivity contribution in [2.45, 2.75) is 6.92 Å². The molecule has 158 valence electrons. The Kier molecular flexibility index (Phi) is 5.00. The number of benzene rings is 4. The average Bonchev–Trinajstić information content (AvgIpc) is 3.02. The molecule has 4 aromatic carbocycles. The maximum absolute atomic E-state index is 12.7. The van der Waals surface area contributed by atoms with Crippen molar-refractivity contribution in [2.75, 3.05) is 22.1 Å². The Morgan fingerprint density at radius 1 is 0.969 bits per heavy atom. The molecule has 5 nitrogen and oxygen atoms in total. The van der Waals surface area contributed by atoms with Crippen LogP contribution in [0.15, 0.2) is 91.1 Å². The van der Waals surface area contributed by atoms with Gasteiger partial charge in [-0.15, -0.1) is 0 Å². The third-order valence-corrected chi connectivity index (χ3v) is 5.70. The Morgan fingerprint density at radius 2 is 1.78 bits per heavy atom. The summed E-state index contributed by atoms with van der Waals surface area (Å²) in [4.78, 5) is 14.8. The number of amides is 1. The maximum Gasteiger partial charge on any atom is 0.259 e. The van der Waals surface area contributed by atoms with Crippen LogP contribution in [0.4, 0.5) is 22.7 Å². The first-order chi connectivity index (χ1) is 15.6. The highest BCUT2D eigenvalue weighted by Crippen LogP contribution is 2.39. The van der Waals surface area contributed by atoms with Gasteiger partial charge < -0.3 is 20.6 Å². The van der Waals surface area contributed by atoms with Crippen LogP contribution in [0, 0.1) is 6.92 Å². The Bertz CT molecular complexity index is 1320. The van der Waals surface area contributed by atoms with Crippen molar-refractivity contribution in [2.24, 2.45) is 0 Å². The van der Waals surface area contributed by atoms with Crippen molar-refractivity contribution in [1.82, 2.24) is 0 Å². The van der Waals surface area contributed by atoms with Gasteiger partial charge in [0.05, 0.1) is 16.9 Å². The summed E-state index contributed by atoms with van der Waals surface area (Å²) in [5.74, 6) is -0.353. The Labute approximate surface area is 186 Å². The zero-order chi connectivity index (χ0) is 22.1. The van der Waals surface area contributed by atoms with Gasteiger partial charge in [-0.3, -0.25) is 4.79 Å². The summed E-state index contributed by atoms with van der Waals surface area (Å²) in [6, 6.07) is 25.3. The lowest BCUT2D eigenvalue weighted by molar-refractivity contribution is 0.102. The van der Waals surface area contributed by atoms with E-state index in [1.54, 1.807) is 19.1 Å². The van der Waals surface area contributed by atoms with Crippen LogP contribution in [0.3, 0.4) is 0 Å². The molecule has 0 aromatic heterocycles. The molecule has 0 spiro atoms. The quantitative estimate of drug-likeness (QED) is 0.369. The Hall–Kier alpha value is -4.25. The largest absolute Gasteiger partial charge is 0.507 e. The van der Waals surface area contributed by atoms with Crippen molar-refractivity contribution in [3.63, 3.8) is 0 Å². The molecule has 4 aromatic rings. The maximum atomic E-state index is 12.7. The Balaban J connectivity index is 1.44. The summed E-state index contributed by atoms with van der Waals surface area (Å²) in [5, 5.41) is 18.8. The lowest BCUT2D eigenvalue weighted by Gasteiger charge is -2.23. The van der Waals surface area contributed by atoms with Gasteiger partial charge in [0.2, 0.25) is 0 Å². The van der Waals surface area contributed by atoms with Gasteiger partial charge in [-0.25, -0.2) is 0 Å². The highest BCUT2D eigenvalue weighted by molar-refractivity contribution is 6.07. The van der Waals surface area contributed by atoms with E-state index in [1.165, 1.54) is 16.8 Å². The van der Waals surface area contributed by atoms with Crippen LogP contribution in [0.5, 0.6) is 5.75 Å². The number of aryl methyl sites for hydroxylation is 1. The molecule has 5 rings (SSSR count). The molecule has 1 aliphatic rings. The minimum Gasteiger partial charge on any atom is -0.507 e. The number of nitrogens with zero attached hydrogens (tertiary/aromatic N) is 1. The van der Waals surface area contributed by atoms with Crippen molar-refractivity contribution < 1.29 is 9.90 Å². The normalized spacial score (nSPS) is 12.7. The number of anilines is 4. The molecule has 0 saturated carbocycles. The van der Waals surface area contributed by atoms with E-state index in [0.29, 0.717) is 11.3 Å². The Morgan fingerprint density at radius 3 is 2.59 bits per heavy atom. The number of carbonyl (C=O) groups is 1. The first kappa shape index (κ1) is 19.7. The highest BCUT2D eigenvalue weighted by atomic mass is 16.3. The number of rotatable bonds is 3. The minimum absolute atomic E-state index is 0.0230. The van der Waals surface area contributed by atoms with Gasteiger partial charge in [0.1, 0.15) is 5.75 Å². The number of aromatic hydroxyl groups is 1. The zero-order valence-electron chi connectivity index (χ0n) is 17.7. The third kappa shape index (κ3) is 3.54. The van der Waals surface area contributed by atoms with Gasteiger partial charge in [0.15, 0.2) is 0 Å². The fourth-order valence-electron chi connectivity index (χ4n) is 4.12. The zero-order valence-corrected chi connectivity index (χ0v) is 17.7. The average molecular weight is 422 g/mol. The van der Waals surface area contributed by atoms with Gasteiger partial charge in [0, 0.05) is 29.5 Å². The van der Waals surface area contributed by atoms with E-state index in [2.05, 4.69) is 58.1 Å². The van der Waals surface area contributed by atoms with E-state index in [-0.39, 0.29) is 11.7 Å². The van der Waals surface area contributed by atoms with E-state index < -0.39 is 0 Å². The highest BCUT2D eigenvalue weighted by Gasteiger charge is 2.17. The molecule has 1 aliphatic heterocycles. The second kappa shape index (κ2) is 8.12. The van der Waals surface area contributed by atoms with Gasteiger partial charge in [-0.1, -0.05) is 42.5 Å². The summed E-state index contributed by atoms with van der Waals surface area (Å²) in [6.07, 6.45) is 4.15. The third-order valence-electron chi connectivity index (χ3n) is 5.70. The summed E-state index contributed by atoms with van der Waals surface area (Å²) >= 11 is 0. The van der Waals surface area contributed by atoms with Crippen LogP contribution >= 0.6 is 0 Å². The van der Waals surface area contributed by atoms with Crippen LogP contribution in [0.1, 0.15) is 15.9 Å². The van der Waals surface area contributed by atoms with Crippen LogP contribution in [-0.2, 0) is 0 Å².